The van der Waals surface area contributed by atoms with Crippen LogP contribution in [-0.4, -0.2) is 16.8 Å². The lowest BCUT2D eigenvalue weighted by molar-refractivity contribution is -0.137. The second-order valence-electron chi connectivity index (χ2n) is 7.71. The van der Waals surface area contributed by atoms with Crippen LogP contribution in [0.15, 0.2) is 76.9 Å². The van der Waals surface area contributed by atoms with Gasteiger partial charge in [0.25, 0.3) is 11.8 Å². The van der Waals surface area contributed by atoms with E-state index in [1.807, 2.05) is 26.0 Å². The van der Waals surface area contributed by atoms with Crippen molar-refractivity contribution in [1.82, 2.24) is 4.98 Å². The van der Waals surface area contributed by atoms with E-state index in [9.17, 15) is 22.8 Å². The number of halogens is 4. The number of pyridine rings is 1. The quantitative estimate of drug-likeness (QED) is 0.162. The lowest BCUT2D eigenvalue weighted by atomic mass is 10.0. The van der Waals surface area contributed by atoms with Crippen LogP contribution in [0.25, 0.3) is 6.08 Å². The van der Waals surface area contributed by atoms with E-state index in [2.05, 4.69) is 31.5 Å². The van der Waals surface area contributed by atoms with Gasteiger partial charge < -0.3 is 10.6 Å². The summed E-state index contributed by atoms with van der Waals surface area (Å²) in [6, 6.07) is 16.4. The second kappa shape index (κ2) is 10.6. The lowest BCUT2D eigenvalue weighted by Gasteiger charge is -2.12. The van der Waals surface area contributed by atoms with Crippen molar-refractivity contribution in [3.8, 4) is 0 Å². The molecule has 1 aromatic heterocycles. The molecule has 9 heteroatoms. The summed E-state index contributed by atoms with van der Waals surface area (Å²) in [4.78, 5) is 30.1. The molecule has 3 aromatic rings. The van der Waals surface area contributed by atoms with Crippen molar-refractivity contribution >= 4 is 45.3 Å². The van der Waals surface area contributed by atoms with E-state index >= 15 is 0 Å². The minimum atomic E-state index is -4.57. The highest BCUT2D eigenvalue weighted by Crippen LogP contribution is 2.30. The van der Waals surface area contributed by atoms with Crippen LogP contribution in [0.3, 0.4) is 0 Å². The lowest BCUT2D eigenvalue weighted by Crippen LogP contribution is -2.25. The molecule has 5 nitrogen and oxygen atoms in total. The van der Waals surface area contributed by atoms with Crippen molar-refractivity contribution in [3.63, 3.8) is 0 Å². The Hall–Kier alpha value is -3.46. The van der Waals surface area contributed by atoms with E-state index in [1.54, 1.807) is 30.3 Å². The number of carbonyl (C=O) groups excluding carboxylic acids is 2. The van der Waals surface area contributed by atoms with Gasteiger partial charge in [0.2, 0.25) is 0 Å². The number of rotatable bonds is 6. The molecule has 0 unspecified atom stereocenters. The van der Waals surface area contributed by atoms with Crippen LogP contribution in [0, 0.1) is 0 Å². The van der Waals surface area contributed by atoms with Gasteiger partial charge in [0.15, 0.2) is 0 Å². The van der Waals surface area contributed by atoms with Crippen LogP contribution in [0.2, 0.25) is 0 Å². The minimum Gasteiger partial charge on any atom is -0.322 e. The SMILES string of the molecule is CC(C)c1ccc(/C=C(/C(=O)Nc2cccc(C(F)(F)F)c2)C(=O)Nc2cccc(Br)n2)cc1. The Bertz CT molecular complexity index is 1220. The maximum Gasteiger partial charge on any atom is 0.416 e. The molecule has 0 radical (unpaired) electrons. The zero-order chi connectivity index (χ0) is 24.9. The van der Waals surface area contributed by atoms with Gasteiger partial charge in [0.1, 0.15) is 16.0 Å². The highest BCUT2D eigenvalue weighted by atomic mass is 79.9. The van der Waals surface area contributed by atoms with Crippen LogP contribution in [0.1, 0.15) is 36.5 Å². The molecule has 0 atom stereocenters. The topological polar surface area (TPSA) is 71.1 Å². The fraction of sp³-hybridized carbons (Fsp3) is 0.160. The van der Waals surface area contributed by atoms with Gasteiger partial charge in [-0.15, -0.1) is 0 Å². The second-order valence-corrected chi connectivity index (χ2v) is 8.52. The fourth-order valence-corrected chi connectivity index (χ4v) is 3.35. The Labute approximate surface area is 203 Å². The maximum atomic E-state index is 13.0. The van der Waals surface area contributed by atoms with Gasteiger partial charge in [0, 0.05) is 5.69 Å². The minimum absolute atomic E-state index is 0.0886. The van der Waals surface area contributed by atoms with Crippen molar-refractivity contribution in [2.75, 3.05) is 10.6 Å². The Kier molecular flexibility index (Phi) is 7.88. The van der Waals surface area contributed by atoms with Crippen LogP contribution >= 0.6 is 15.9 Å². The van der Waals surface area contributed by atoms with E-state index in [0.29, 0.717) is 16.1 Å². The summed E-state index contributed by atoms with van der Waals surface area (Å²) in [5.41, 5.74) is 0.361. The molecule has 0 fully saturated rings. The highest BCUT2D eigenvalue weighted by Gasteiger charge is 2.30. The van der Waals surface area contributed by atoms with Crippen molar-refractivity contribution < 1.29 is 22.8 Å². The summed E-state index contributed by atoms with van der Waals surface area (Å²) in [5, 5.41) is 4.93. The Balaban J connectivity index is 1.93. The molecule has 2 N–H and O–H groups in total. The predicted molar refractivity (Wildman–Crippen MR) is 129 cm³/mol. The number of benzene rings is 2. The summed E-state index contributed by atoms with van der Waals surface area (Å²) in [6.45, 7) is 4.08. The van der Waals surface area contributed by atoms with Gasteiger partial charge in [-0.2, -0.15) is 13.2 Å². The molecule has 176 valence electrons. The first-order chi connectivity index (χ1) is 16.0. The molecular formula is C25H21BrF3N3O2. The van der Waals surface area contributed by atoms with Gasteiger partial charge in [0.05, 0.1) is 5.56 Å². The van der Waals surface area contributed by atoms with Gasteiger partial charge in [-0.1, -0.05) is 50.2 Å². The van der Waals surface area contributed by atoms with Crippen molar-refractivity contribution in [3.05, 3.63) is 93.6 Å². The number of anilines is 2. The van der Waals surface area contributed by atoms with E-state index in [1.165, 1.54) is 18.2 Å². The molecule has 0 aliphatic rings. The third-order valence-electron chi connectivity index (χ3n) is 4.81. The summed E-state index contributed by atoms with van der Waals surface area (Å²) in [5.74, 6) is -1.12. The molecule has 0 saturated carbocycles. The van der Waals surface area contributed by atoms with E-state index < -0.39 is 23.6 Å². The molecular weight excluding hydrogens is 511 g/mol. The fourth-order valence-electron chi connectivity index (χ4n) is 3.01. The van der Waals surface area contributed by atoms with Gasteiger partial charge >= 0.3 is 6.18 Å². The number of nitrogens with zero attached hydrogens (tertiary/aromatic N) is 1. The molecule has 0 bridgehead atoms. The smallest absolute Gasteiger partial charge is 0.322 e. The number of amides is 2. The summed E-state index contributed by atoms with van der Waals surface area (Å²) in [6.07, 6.45) is -3.19. The zero-order valence-corrected chi connectivity index (χ0v) is 19.9. The van der Waals surface area contributed by atoms with E-state index in [-0.39, 0.29) is 17.1 Å². The molecule has 2 aromatic carbocycles. The molecule has 0 saturated heterocycles. The maximum absolute atomic E-state index is 13.0. The first kappa shape index (κ1) is 25.2. The first-order valence-electron chi connectivity index (χ1n) is 10.3. The Morgan fingerprint density at radius 3 is 2.21 bits per heavy atom. The van der Waals surface area contributed by atoms with Crippen molar-refractivity contribution in [1.29, 1.82) is 0 Å². The van der Waals surface area contributed by atoms with E-state index in [4.69, 9.17) is 0 Å². The number of hydrogen-bond acceptors (Lipinski definition) is 3. The summed E-state index contributed by atoms with van der Waals surface area (Å²) in [7, 11) is 0. The number of alkyl halides is 3. The molecule has 1 heterocycles. The Morgan fingerprint density at radius 2 is 1.59 bits per heavy atom. The third kappa shape index (κ3) is 6.77. The number of nitrogens with one attached hydrogen (secondary N) is 2. The van der Waals surface area contributed by atoms with Crippen LogP contribution in [0.4, 0.5) is 24.7 Å². The largest absolute Gasteiger partial charge is 0.416 e. The molecule has 0 aliphatic carbocycles. The zero-order valence-electron chi connectivity index (χ0n) is 18.3. The van der Waals surface area contributed by atoms with Crippen LogP contribution < -0.4 is 10.6 Å². The average molecular weight is 532 g/mol. The number of aromatic nitrogens is 1. The summed E-state index contributed by atoms with van der Waals surface area (Å²) >= 11 is 3.21. The first-order valence-corrected chi connectivity index (χ1v) is 11.1. The third-order valence-corrected chi connectivity index (χ3v) is 5.25. The monoisotopic (exact) mass is 531 g/mol. The van der Waals surface area contributed by atoms with E-state index in [0.717, 1.165) is 17.7 Å². The van der Waals surface area contributed by atoms with Crippen LogP contribution in [0.5, 0.6) is 0 Å². The predicted octanol–water partition coefficient (Wildman–Crippen LogP) is 6.65. The van der Waals surface area contributed by atoms with Gasteiger partial charge in [-0.25, -0.2) is 4.98 Å². The summed E-state index contributed by atoms with van der Waals surface area (Å²) < 4.78 is 39.6. The standard InChI is InChI=1S/C25H21BrF3N3O2/c1-15(2)17-11-9-16(10-12-17)13-20(24(34)32-22-8-4-7-21(26)31-22)23(33)30-19-6-3-5-18(14-19)25(27,28)29/h3-15H,1-2H3,(H,30,33)(H,31,32,34)/b20-13-. The number of hydrogen-bond donors (Lipinski definition) is 2. The molecule has 0 aliphatic heterocycles. The van der Waals surface area contributed by atoms with Crippen molar-refractivity contribution in [2.45, 2.75) is 25.9 Å². The number of carbonyl (C=O) groups is 2. The van der Waals surface area contributed by atoms with Gasteiger partial charge in [-0.3, -0.25) is 9.59 Å². The van der Waals surface area contributed by atoms with Gasteiger partial charge in [-0.05, 0) is 69.4 Å². The average Bonchev–Trinajstić information content (AvgIpc) is 2.77. The molecule has 3 rings (SSSR count). The molecule has 34 heavy (non-hydrogen) atoms. The van der Waals surface area contributed by atoms with Crippen molar-refractivity contribution in [2.24, 2.45) is 0 Å². The Morgan fingerprint density at radius 1 is 0.941 bits per heavy atom. The molecule has 2 amide bonds. The van der Waals surface area contributed by atoms with Crippen LogP contribution in [-0.2, 0) is 15.8 Å². The molecule has 0 spiro atoms. The normalized spacial score (nSPS) is 11.9. The highest BCUT2D eigenvalue weighted by molar-refractivity contribution is 9.10.